The van der Waals surface area contributed by atoms with Crippen molar-refractivity contribution in [3.8, 4) is 0 Å². The zero-order valence-electron chi connectivity index (χ0n) is 7.39. The van der Waals surface area contributed by atoms with Crippen LogP contribution in [-0.2, 0) is 0 Å². The van der Waals surface area contributed by atoms with Gasteiger partial charge in [-0.05, 0) is 69.8 Å². The molecule has 0 aliphatic rings. The molecular formula is C9H2Br4OS2. The molecule has 0 saturated carbocycles. The van der Waals surface area contributed by atoms with Gasteiger partial charge in [0.05, 0.1) is 18.0 Å². The third-order valence-corrected chi connectivity index (χ3v) is 8.54. The molecule has 0 atom stereocenters. The highest BCUT2D eigenvalue weighted by Gasteiger charge is 2.19. The molecule has 16 heavy (non-hydrogen) atoms. The van der Waals surface area contributed by atoms with E-state index in [-0.39, 0.29) is 5.78 Å². The van der Waals surface area contributed by atoms with E-state index >= 15 is 0 Å². The Balaban J connectivity index is 2.43. The van der Waals surface area contributed by atoms with E-state index in [1.54, 1.807) is 0 Å². The molecule has 0 aliphatic carbocycles. The molecule has 2 aromatic heterocycles. The van der Waals surface area contributed by atoms with Gasteiger partial charge >= 0.3 is 0 Å². The normalized spacial score (nSPS) is 10.8. The molecule has 0 fully saturated rings. The average molecular weight is 510 g/mol. The van der Waals surface area contributed by atoms with Crippen LogP contribution in [0.1, 0.15) is 14.5 Å². The molecule has 2 heterocycles. The first kappa shape index (κ1) is 13.4. The van der Waals surface area contributed by atoms with E-state index in [4.69, 9.17) is 0 Å². The number of carbonyl (C=O) groups excluding carboxylic acids is 1. The minimum atomic E-state index is 0.0407. The Hall–Kier alpha value is 0.990. The maximum Gasteiger partial charge on any atom is 0.214 e. The average Bonchev–Trinajstić information content (AvgIpc) is 2.73. The van der Waals surface area contributed by atoms with Gasteiger partial charge in [0, 0.05) is 14.3 Å². The van der Waals surface area contributed by atoms with Crippen molar-refractivity contribution in [3.63, 3.8) is 0 Å². The molecule has 0 bridgehead atoms. The Morgan fingerprint density at radius 1 is 1.12 bits per heavy atom. The summed E-state index contributed by atoms with van der Waals surface area (Å²) in [7, 11) is 0. The second-order valence-electron chi connectivity index (χ2n) is 2.79. The van der Waals surface area contributed by atoms with Crippen molar-refractivity contribution in [2.75, 3.05) is 0 Å². The summed E-state index contributed by atoms with van der Waals surface area (Å²) in [6, 6.07) is 1.83. The highest BCUT2D eigenvalue weighted by Crippen LogP contribution is 2.38. The van der Waals surface area contributed by atoms with Gasteiger partial charge in [0.15, 0.2) is 0 Å². The maximum absolute atomic E-state index is 12.2. The van der Waals surface area contributed by atoms with E-state index in [0.717, 1.165) is 17.2 Å². The summed E-state index contributed by atoms with van der Waals surface area (Å²) in [6.45, 7) is 0. The van der Waals surface area contributed by atoms with Crippen LogP contribution < -0.4 is 0 Å². The highest BCUT2D eigenvalue weighted by atomic mass is 79.9. The van der Waals surface area contributed by atoms with Crippen molar-refractivity contribution in [2.24, 2.45) is 0 Å². The van der Waals surface area contributed by atoms with Crippen LogP contribution in [0.3, 0.4) is 0 Å². The summed E-state index contributed by atoms with van der Waals surface area (Å²) in [5, 5.41) is 1.90. The number of hydrogen-bond donors (Lipinski definition) is 0. The van der Waals surface area contributed by atoms with Crippen LogP contribution in [0.25, 0.3) is 0 Å². The lowest BCUT2D eigenvalue weighted by atomic mass is 10.3. The van der Waals surface area contributed by atoms with Crippen LogP contribution in [0.5, 0.6) is 0 Å². The van der Waals surface area contributed by atoms with Crippen molar-refractivity contribution < 1.29 is 4.79 Å². The second-order valence-corrected chi connectivity index (χ2v) is 8.54. The van der Waals surface area contributed by atoms with Crippen LogP contribution in [-0.4, -0.2) is 5.78 Å². The zero-order valence-corrected chi connectivity index (χ0v) is 15.4. The van der Waals surface area contributed by atoms with Crippen LogP contribution in [0.4, 0.5) is 0 Å². The molecule has 0 aromatic carbocycles. The number of rotatable bonds is 2. The van der Waals surface area contributed by atoms with Crippen LogP contribution in [0, 0.1) is 0 Å². The molecule has 0 saturated heterocycles. The van der Waals surface area contributed by atoms with Gasteiger partial charge < -0.3 is 0 Å². The minimum absolute atomic E-state index is 0.0407. The lowest BCUT2D eigenvalue weighted by Crippen LogP contribution is -1.95. The van der Waals surface area contributed by atoms with Crippen molar-refractivity contribution >= 4 is 92.2 Å². The molecule has 0 N–H and O–H groups in total. The molecule has 0 amide bonds. The molecule has 0 radical (unpaired) electrons. The summed E-state index contributed by atoms with van der Waals surface area (Å²) < 4.78 is 3.58. The summed E-state index contributed by atoms with van der Waals surface area (Å²) in [4.78, 5) is 13.6. The first-order chi connectivity index (χ1) is 7.50. The number of hydrogen-bond acceptors (Lipinski definition) is 3. The van der Waals surface area contributed by atoms with Gasteiger partial charge in [0.1, 0.15) is 0 Å². The van der Waals surface area contributed by atoms with Gasteiger partial charge in [-0.2, -0.15) is 0 Å². The molecule has 0 aliphatic heterocycles. The van der Waals surface area contributed by atoms with Gasteiger partial charge in [0.2, 0.25) is 5.78 Å². The summed E-state index contributed by atoms with van der Waals surface area (Å²) in [6.07, 6.45) is 0. The summed E-state index contributed by atoms with van der Waals surface area (Å²) in [5.41, 5.74) is 0. The van der Waals surface area contributed by atoms with Crippen molar-refractivity contribution in [1.82, 2.24) is 0 Å². The molecular weight excluding hydrogens is 508 g/mol. The molecule has 84 valence electrons. The second kappa shape index (κ2) is 5.32. The SMILES string of the molecule is O=C(c1cc(Br)c(Br)s1)c1scc(Br)c1Br. The van der Waals surface area contributed by atoms with Gasteiger partial charge in [-0.3, -0.25) is 4.79 Å². The van der Waals surface area contributed by atoms with Crippen LogP contribution in [0.15, 0.2) is 28.7 Å². The number of halogens is 4. The third kappa shape index (κ3) is 2.54. The Kier molecular flexibility index (Phi) is 4.46. The maximum atomic E-state index is 12.2. The minimum Gasteiger partial charge on any atom is -0.287 e. The van der Waals surface area contributed by atoms with Gasteiger partial charge in [-0.15, -0.1) is 22.7 Å². The molecule has 0 unspecified atom stereocenters. The van der Waals surface area contributed by atoms with Crippen molar-refractivity contribution in [2.45, 2.75) is 0 Å². The Morgan fingerprint density at radius 2 is 1.81 bits per heavy atom. The van der Waals surface area contributed by atoms with E-state index in [0.29, 0.717) is 9.75 Å². The lowest BCUT2D eigenvalue weighted by Gasteiger charge is -1.94. The quantitative estimate of drug-likeness (QED) is 0.448. The number of ketones is 1. The summed E-state index contributed by atoms with van der Waals surface area (Å²) >= 11 is 16.4. The van der Waals surface area contributed by atoms with E-state index in [2.05, 4.69) is 63.7 Å². The molecule has 2 aromatic rings. The fraction of sp³-hybridized carbons (Fsp3) is 0. The Labute approximate surface area is 134 Å². The van der Waals surface area contributed by atoms with Gasteiger partial charge in [-0.1, -0.05) is 0 Å². The Bertz CT molecular complexity index is 538. The first-order valence-corrected chi connectivity index (χ1v) is 8.79. The van der Waals surface area contributed by atoms with Crippen LogP contribution in [0.2, 0.25) is 0 Å². The largest absolute Gasteiger partial charge is 0.287 e. The topological polar surface area (TPSA) is 17.1 Å². The molecule has 0 spiro atoms. The van der Waals surface area contributed by atoms with Gasteiger partial charge in [0.25, 0.3) is 0 Å². The molecule has 7 heteroatoms. The predicted molar refractivity (Wildman–Crippen MR) is 82.9 cm³/mol. The van der Waals surface area contributed by atoms with Gasteiger partial charge in [-0.25, -0.2) is 0 Å². The first-order valence-electron chi connectivity index (χ1n) is 3.92. The smallest absolute Gasteiger partial charge is 0.214 e. The molecule has 1 nitrogen and oxygen atoms in total. The Morgan fingerprint density at radius 3 is 2.25 bits per heavy atom. The van der Waals surface area contributed by atoms with Crippen LogP contribution >= 0.6 is 86.4 Å². The van der Waals surface area contributed by atoms with E-state index in [1.165, 1.54) is 22.7 Å². The van der Waals surface area contributed by atoms with Crippen molar-refractivity contribution in [1.29, 1.82) is 0 Å². The predicted octanol–water partition coefficient (Wildman–Crippen LogP) is 6.09. The zero-order chi connectivity index (χ0) is 11.9. The standard InChI is InChI=1S/C9H2Br4OS2/c10-3-1-5(16-9(3)13)7(14)8-6(12)4(11)2-15-8/h1-2H. The third-order valence-electron chi connectivity index (χ3n) is 1.76. The lowest BCUT2D eigenvalue weighted by molar-refractivity contribution is 0.104. The molecule has 2 rings (SSSR count). The van der Waals surface area contributed by atoms with E-state index in [9.17, 15) is 4.79 Å². The highest BCUT2D eigenvalue weighted by molar-refractivity contribution is 9.13. The van der Waals surface area contributed by atoms with Crippen molar-refractivity contribution in [3.05, 3.63) is 38.4 Å². The number of thiophene rings is 2. The van der Waals surface area contributed by atoms with E-state index < -0.39 is 0 Å². The van der Waals surface area contributed by atoms with E-state index in [1.807, 2.05) is 11.4 Å². The monoisotopic (exact) mass is 506 g/mol. The fourth-order valence-corrected chi connectivity index (χ4v) is 5.20. The fourth-order valence-electron chi connectivity index (χ4n) is 1.05. The summed E-state index contributed by atoms with van der Waals surface area (Å²) in [5.74, 6) is 0.0407. The number of carbonyl (C=O) groups is 1.